The molecule has 0 atom stereocenters. The first-order valence-corrected chi connectivity index (χ1v) is 11.5. The number of carbonyl (C=O) groups excluding carboxylic acids is 2. The molecule has 0 bridgehead atoms. The van der Waals surface area contributed by atoms with E-state index in [-0.39, 0.29) is 22.6 Å². The van der Waals surface area contributed by atoms with E-state index in [1.165, 1.54) is 24.6 Å². The first-order chi connectivity index (χ1) is 15.9. The molecule has 0 radical (unpaired) electrons. The number of anilines is 1. The van der Waals surface area contributed by atoms with E-state index in [1.54, 1.807) is 21.0 Å². The van der Waals surface area contributed by atoms with Gasteiger partial charge in [0.25, 0.3) is 0 Å². The Balaban J connectivity index is 1.91. The van der Waals surface area contributed by atoms with Gasteiger partial charge in [0, 0.05) is 17.1 Å². The van der Waals surface area contributed by atoms with Gasteiger partial charge in [0.2, 0.25) is 0 Å². The lowest BCUT2D eigenvalue weighted by molar-refractivity contribution is 0.0527. The van der Waals surface area contributed by atoms with E-state index < -0.39 is 11.9 Å². The molecule has 0 spiro atoms. The number of thiazole rings is 1. The fraction of sp³-hybridized carbons (Fsp3) is 0.217. The van der Waals surface area contributed by atoms with Gasteiger partial charge >= 0.3 is 11.9 Å². The van der Waals surface area contributed by atoms with Gasteiger partial charge in [-0.2, -0.15) is 5.26 Å². The summed E-state index contributed by atoms with van der Waals surface area (Å²) < 4.78 is 15.1. The molecule has 33 heavy (non-hydrogen) atoms. The van der Waals surface area contributed by atoms with Crippen molar-refractivity contribution in [1.82, 2.24) is 4.98 Å². The number of benzene rings is 1. The summed E-state index contributed by atoms with van der Waals surface area (Å²) in [6.07, 6.45) is 1.46. The maximum atomic E-state index is 12.5. The summed E-state index contributed by atoms with van der Waals surface area (Å²) >= 11 is 2.38. The minimum atomic E-state index is -0.563. The van der Waals surface area contributed by atoms with E-state index in [4.69, 9.17) is 14.2 Å². The number of carbonyl (C=O) groups is 2. The molecule has 2 aromatic heterocycles. The number of hydrogen-bond acceptors (Lipinski definition) is 10. The Morgan fingerprint density at radius 2 is 1.94 bits per heavy atom. The smallest absolute Gasteiger partial charge is 0.348 e. The summed E-state index contributed by atoms with van der Waals surface area (Å²) in [4.78, 5) is 29.4. The van der Waals surface area contributed by atoms with Gasteiger partial charge in [0.05, 0.1) is 32.1 Å². The van der Waals surface area contributed by atoms with Crippen molar-refractivity contribution >= 4 is 45.2 Å². The number of nitrogens with one attached hydrogen (secondary N) is 1. The number of methoxy groups -OCH3 is 2. The molecular weight excluding hydrogens is 462 g/mol. The topological polar surface area (TPSA) is 111 Å². The molecule has 1 aromatic carbocycles. The average molecular weight is 484 g/mol. The van der Waals surface area contributed by atoms with Crippen LogP contribution in [0.4, 0.5) is 5.00 Å². The summed E-state index contributed by atoms with van der Waals surface area (Å²) in [5.74, 6) is -0.373. The fourth-order valence-corrected chi connectivity index (χ4v) is 4.80. The van der Waals surface area contributed by atoms with Gasteiger partial charge in [0.15, 0.2) is 0 Å². The largest absolute Gasteiger partial charge is 0.497 e. The van der Waals surface area contributed by atoms with E-state index >= 15 is 0 Å². The summed E-state index contributed by atoms with van der Waals surface area (Å²) in [5.41, 5.74) is 2.58. The van der Waals surface area contributed by atoms with Gasteiger partial charge in [-0.25, -0.2) is 14.6 Å². The molecule has 0 fully saturated rings. The third-order valence-electron chi connectivity index (χ3n) is 4.59. The van der Waals surface area contributed by atoms with Crippen LogP contribution in [0.5, 0.6) is 5.75 Å². The molecule has 0 aliphatic heterocycles. The maximum Gasteiger partial charge on any atom is 0.348 e. The van der Waals surface area contributed by atoms with Crippen LogP contribution in [0.1, 0.15) is 37.5 Å². The molecule has 0 aliphatic carbocycles. The molecular formula is C23H21N3O5S2. The molecule has 0 amide bonds. The number of ether oxygens (including phenoxy) is 3. The van der Waals surface area contributed by atoms with Crippen molar-refractivity contribution in [1.29, 1.82) is 5.26 Å². The molecule has 1 N–H and O–H groups in total. The van der Waals surface area contributed by atoms with Gasteiger partial charge < -0.3 is 19.5 Å². The van der Waals surface area contributed by atoms with E-state index in [0.29, 0.717) is 15.6 Å². The molecule has 0 unspecified atom stereocenters. The predicted octanol–water partition coefficient (Wildman–Crippen LogP) is 5.13. The highest BCUT2D eigenvalue weighted by Crippen LogP contribution is 2.35. The Morgan fingerprint density at radius 3 is 2.55 bits per heavy atom. The second-order valence-electron chi connectivity index (χ2n) is 6.55. The highest BCUT2D eigenvalue weighted by atomic mass is 32.1. The van der Waals surface area contributed by atoms with Crippen LogP contribution in [0.15, 0.2) is 35.8 Å². The van der Waals surface area contributed by atoms with Crippen LogP contribution in [-0.2, 0) is 9.47 Å². The molecule has 3 aromatic rings. The number of nitriles is 1. The van der Waals surface area contributed by atoms with Crippen molar-refractivity contribution in [2.24, 2.45) is 0 Å². The number of esters is 2. The first kappa shape index (κ1) is 24.0. The summed E-state index contributed by atoms with van der Waals surface area (Å²) in [6, 6.07) is 9.58. The molecule has 0 aliphatic rings. The fourth-order valence-electron chi connectivity index (χ4n) is 2.92. The van der Waals surface area contributed by atoms with Crippen LogP contribution in [-0.4, -0.2) is 37.7 Å². The summed E-state index contributed by atoms with van der Waals surface area (Å²) in [7, 11) is 2.87. The SMILES string of the molecule is CCOC(=O)c1c(NC=C(C#N)c2nc(-c3ccc(OC)cc3)cs2)sc(C(=O)OC)c1C. The van der Waals surface area contributed by atoms with E-state index in [2.05, 4.69) is 16.4 Å². The maximum absolute atomic E-state index is 12.5. The Labute approximate surface area is 199 Å². The van der Waals surface area contributed by atoms with Crippen molar-refractivity contribution in [2.75, 3.05) is 26.1 Å². The highest BCUT2D eigenvalue weighted by molar-refractivity contribution is 7.18. The van der Waals surface area contributed by atoms with Crippen LogP contribution in [0.3, 0.4) is 0 Å². The highest BCUT2D eigenvalue weighted by Gasteiger charge is 2.26. The van der Waals surface area contributed by atoms with Gasteiger partial charge in [0.1, 0.15) is 32.3 Å². The average Bonchev–Trinajstić information content (AvgIpc) is 3.44. The first-order valence-electron chi connectivity index (χ1n) is 9.79. The second kappa shape index (κ2) is 10.8. The van der Waals surface area contributed by atoms with Crippen molar-refractivity contribution in [3.05, 3.63) is 56.9 Å². The molecule has 0 saturated heterocycles. The molecule has 3 rings (SSSR count). The second-order valence-corrected chi connectivity index (χ2v) is 8.43. The number of allylic oxidation sites excluding steroid dienone is 1. The molecule has 8 nitrogen and oxygen atoms in total. The van der Waals surface area contributed by atoms with Crippen LogP contribution in [0.2, 0.25) is 0 Å². The number of rotatable bonds is 8. The van der Waals surface area contributed by atoms with Crippen LogP contribution in [0.25, 0.3) is 16.8 Å². The predicted molar refractivity (Wildman–Crippen MR) is 128 cm³/mol. The van der Waals surface area contributed by atoms with Crippen LogP contribution >= 0.6 is 22.7 Å². The number of aromatic nitrogens is 1. The quantitative estimate of drug-likeness (QED) is 0.347. The Hall–Kier alpha value is -3.68. The Morgan fingerprint density at radius 1 is 1.21 bits per heavy atom. The van der Waals surface area contributed by atoms with Gasteiger partial charge in [-0.3, -0.25) is 0 Å². The Kier molecular flexibility index (Phi) is 7.82. The Bertz CT molecular complexity index is 1240. The lowest BCUT2D eigenvalue weighted by Gasteiger charge is -2.05. The molecule has 170 valence electrons. The van der Waals surface area contributed by atoms with Gasteiger partial charge in [-0.1, -0.05) is 0 Å². The molecule has 10 heteroatoms. The van der Waals surface area contributed by atoms with Crippen molar-refractivity contribution < 1.29 is 23.8 Å². The lowest BCUT2D eigenvalue weighted by atomic mass is 10.1. The summed E-state index contributed by atoms with van der Waals surface area (Å²) in [6.45, 7) is 3.54. The summed E-state index contributed by atoms with van der Waals surface area (Å²) in [5, 5.41) is 15.4. The standard InChI is InChI=1S/C23H21N3O5S2/c1-5-31-22(27)18-13(2)19(23(28)30-4)33-21(18)25-11-15(10-24)20-26-17(12-32-20)14-6-8-16(29-3)9-7-14/h6-9,11-12,25H,5H2,1-4H3. The van der Waals surface area contributed by atoms with Gasteiger partial charge in [-0.05, 0) is 43.7 Å². The minimum Gasteiger partial charge on any atom is -0.497 e. The van der Waals surface area contributed by atoms with Crippen molar-refractivity contribution in [3.8, 4) is 23.1 Å². The zero-order valence-corrected chi connectivity index (χ0v) is 20.1. The van der Waals surface area contributed by atoms with Crippen LogP contribution < -0.4 is 10.1 Å². The van der Waals surface area contributed by atoms with Crippen molar-refractivity contribution in [2.45, 2.75) is 13.8 Å². The van der Waals surface area contributed by atoms with E-state index in [0.717, 1.165) is 28.3 Å². The van der Waals surface area contributed by atoms with E-state index in [9.17, 15) is 14.9 Å². The van der Waals surface area contributed by atoms with Crippen LogP contribution in [0, 0.1) is 18.3 Å². The lowest BCUT2D eigenvalue weighted by Crippen LogP contribution is -2.08. The normalized spacial score (nSPS) is 10.9. The molecule has 2 heterocycles. The van der Waals surface area contributed by atoms with E-state index in [1.807, 2.05) is 29.6 Å². The zero-order chi connectivity index (χ0) is 24.0. The zero-order valence-electron chi connectivity index (χ0n) is 18.4. The third-order valence-corrected chi connectivity index (χ3v) is 6.66. The number of hydrogen-bond donors (Lipinski definition) is 1. The van der Waals surface area contributed by atoms with Crippen molar-refractivity contribution in [3.63, 3.8) is 0 Å². The van der Waals surface area contributed by atoms with Gasteiger partial charge in [-0.15, -0.1) is 22.7 Å². The molecule has 0 saturated carbocycles. The number of thiophene rings is 1. The minimum absolute atomic E-state index is 0.188. The monoisotopic (exact) mass is 483 g/mol. The third kappa shape index (κ3) is 5.22. The number of nitrogens with zero attached hydrogens (tertiary/aromatic N) is 2.